The molecular formula is C19H18N2O3S. The smallest absolute Gasteiger partial charge is 0.251 e. The summed E-state index contributed by atoms with van der Waals surface area (Å²) >= 11 is 1.46. The number of nitrogens with zero attached hydrogens (tertiary/aromatic N) is 1. The van der Waals surface area contributed by atoms with Crippen LogP contribution in [0.3, 0.4) is 0 Å². The quantitative estimate of drug-likeness (QED) is 0.518. The van der Waals surface area contributed by atoms with Crippen molar-refractivity contribution in [2.24, 2.45) is 0 Å². The van der Waals surface area contributed by atoms with Gasteiger partial charge in [0.1, 0.15) is 18.1 Å². The summed E-state index contributed by atoms with van der Waals surface area (Å²) in [5.41, 5.74) is 1.51. The molecule has 0 atom stereocenters. The molecule has 0 aliphatic rings. The van der Waals surface area contributed by atoms with Crippen LogP contribution in [0, 0.1) is 0 Å². The fourth-order valence-corrected chi connectivity index (χ4v) is 3.05. The second-order valence-electron chi connectivity index (χ2n) is 5.28. The SMILES string of the molecule is COc1cccc(CSc2nc(COc3ccccc3)cc(=O)[nH]2)c1. The summed E-state index contributed by atoms with van der Waals surface area (Å²) in [6, 6.07) is 18.7. The Hall–Kier alpha value is -2.73. The van der Waals surface area contributed by atoms with Gasteiger partial charge in [-0.3, -0.25) is 4.79 Å². The van der Waals surface area contributed by atoms with Crippen LogP contribution in [0.2, 0.25) is 0 Å². The second-order valence-corrected chi connectivity index (χ2v) is 6.25. The summed E-state index contributed by atoms with van der Waals surface area (Å²) in [4.78, 5) is 19.1. The summed E-state index contributed by atoms with van der Waals surface area (Å²) in [6.07, 6.45) is 0. The fourth-order valence-electron chi connectivity index (χ4n) is 2.21. The Balaban J connectivity index is 1.65. The number of hydrogen-bond acceptors (Lipinski definition) is 5. The minimum atomic E-state index is -0.185. The molecule has 3 aromatic rings. The van der Waals surface area contributed by atoms with Gasteiger partial charge in [-0.1, -0.05) is 42.1 Å². The Labute approximate surface area is 150 Å². The predicted molar refractivity (Wildman–Crippen MR) is 98.2 cm³/mol. The van der Waals surface area contributed by atoms with Crippen LogP contribution in [0.5, 0.6) is 11.5 Å². The summed E-state index contributed by atoms with van der Waals surface area (Å²) < 4.78 is 10.9. The third-order valence-corrected chi connectivity index (χ3v) is 4.36. The number of para-hydroxylation sites is 1. The van der Waals surface area contributed by atoms with Crippen molar-refractivity contribution in [2.45, 2.75) is 17.5 Å². The van der Waals surface area contributed by atoms with Crippen molar-refractivity contribution in [3.8, 4) is 11.5 Å². The number of H-pyrrole nitrogens is 1. The molecule has 1 heterocycles. The zero-order valence-electron chi connectivity index (χ0n) is 13.8. The Morgan fingerprint density at radius 1 is 1.04 bits per heavy atom. The molecule has 0 radical (unpaired) electrons. The normalized spacial score (nSPS) is 10.4. The lowest BCUT2D eigenvalue weighted by Crippen LogP contribution is -2.11. The zero-order valence-corrected chi connectivity index (χ0v) is 14.6. The number of aromatic amines is 1. The van der Waals surface area contributed by atoms with Gasteiger partial charge in [0.05, 0.1) is 12.8 Å². The molecule has 0 unspecified atom stereocenters. The fraction of sp³-hybridized carbons (Fsp3) is 0.158. The van der Waals surface area contributed by atoms with E-state index in [-0.39, 0.29) is 12.2 Å². The van der Waals surface area contributed by atoms with Gasteiger partial charge in [0.15, 0.2) is 5.16 Å². The van der Waals surface area contributed by atoms with Gasteiger partial charge < -0.3 is 14.5 Å². The van der Waals surface area contributed by atoms with Gasteiger partial charge >= 0.3 is 0 Å². The van der Waals surface area contributed by atoms with Crippen molar-refractivity contribution in [2.75, 3.05) is 7.11 Å². The van der Waals surface area contributed by atoms with Gasteiger partial charge in [0, 0.05) is 11.8 Å². The van der Waals surface area contributed by atoms with Crippen LogP contribution in [0.1, 0.15) is 11.3 Å². The summed E-state index contributed by atoms with van der Waals surface area (Å²) in [5, 5.41) is 0.571. The highest BCUT2D eigenvalue weighted by molar-refractivity contribution is 7.98. The van der Waals surface area contributed by atoms with Crippen LogP contribution in [0.4, 0.5) is 0 Å². The molecule has 128 valence electrons. The highest BCUT2D eigenvalue weighted by atomic mass is 32.2. The average Bonchev–Trinajstić information content (AvgIpc) is 2.65. The largest absolute Gasteiger partial charge is 0.497 e. The molecule has 0 fully saturated rings. The average molecular weight is 354 g/mol. The molecule has 6 heteroatoms. The number of ether oxygens (including phenoxy) is 2. The number of nitrogens with one attached hydrogen (secondary N) is 1. The van der Waals surface area contributed by atoms with Crippen LogP contribution >= 0.6 is 11.8 Å². The minimum Gasteiger partial charge on any atom is -0.497 e. The number of rotatable bonds is 7. The van der Waals surface area contributed by atoms with Gasteiger partial charge in [-0.25, -0.2) is 4.98 Å². The lowest BCUT2D eigenvalue weighted by Gasteiger charge is -2.07. The number of hydrogen-bond donors (Lipinski definition) is 1. The van der Waals surface area contributed by atoms with Crippen molar-refractivity contribution in [1.29, 1.82) is 0 Å². The Bertz CT molecular complexity index is 881. The van der Waals surface area contributed by atoms with Crippen LogP contribution in [-0.4, -0.2) is 17.1 Å². The summed E-state index contributed by atoms with van der Waals surface area (Å²) in [6.45, 7) is 0.251. The van der Waals surface area contributed by atoms with Crippen LogP contribution in [0.25, 0.3) is 0 Å². The molecule has 0 bridgehead atoms. The first-order chi connectivity index (χ1) is 12.2. The summed E-state index contributed by atoms with van der Waals surface area (Å²) in [5.74, 6) is 2.24. The van der Waals surface area contributed by atoms with E-state index in [0.29, 0.717) is 16.6 Å². The van der Waals surface area contributed by atoms with Crippen LogP contribution in [-0.2, 0) is 12.4 Å². The topological polar surface area (TPSA) is 64.2 Å². The molecule has 5 nitrogen and oxygen atoms in total. The van der Waals surface area contributed by atoms with Gasteiger partial charge in [-0.2, -0.15) is 0 Å². The van der Waals surface area contributed by atoms with E-state index < -0.39 is 0 Å². The monoisotopic (exact) mass is 354 g/mol. The third kappa shape index (κ3) is 5.12. The molecule has 1 aromatic heterocycles. The number of aromatic nitrogens is 2. The first-order valence-corrected chi connectivity index (χ1v) is 8.75. The maximum Gasteiger partial charge on any atom is 0.251 e. The van der Waals surface area contributed by atoms with Crippen molar-refractivity contribution >= 4 is 11.8 Å². The highest BCUT2D eigenvalue weighted by Crippen LogP contribution is 2.21. The Kier molecular flexibility index (Phi) is 5.74. The van der Waals surface area contributed by atoms with Crippen molar-refractivity contribution in [1.82, 2.24) is 9.97 Å². The first-order valence-electron chi connectivity index (χ1n) is 7.77. The van der Waals surface area contributed by atoms with Gasteiger partial charge in [-0.05, 0) is 29.8 Å². The third-order valence-electron chi connectivity index (χ3n) is 3.41. The standard InChI is InChI=1S/C19H18N2O3S/c1-23-17-9-5-6-14(10-17)13-25-19-20-15(11-18(22)21-19)12-24-16-7-3-2-4-8-16/h2-11H,12-13H2,1H3,(H,20,21,22). The molecule has 0 aliphatic carbocycles. The molecule has 0 saturated carbocycles. The number of benzene rings is 2. The van der Waals surface area contributed by atoms with Gasteiger partial charge in [0.2, 0.25) is 0 Å². The van der Waals surface area contributed by atoms with Crippen molar-refractivity contribution in [3.05, 3.63) is 82.3 Å². The van der Waals surface area contributed by atoms with Gasteiger partial charge in [0.25, 0.3) is 5.56 Å². The zero-order chi connectivity index (χ0) is 17.5. The van der Waals surface area contributed by atoms with Crippen LogP contribution < -0.4 is 15.0 Å². The highest BCUT2D eigenvalue weighted by Gasteiger charge is 2.05. The van der Waals surface area contributed by atoms with E-state index in [1.807, 2.05) is 54.6 Å². The maximum atomic E-state index is 11.8. The van der Waals surface area contributed by atoms with E-state index in [4.69, 9.17) is 9.47 Å². The molecule has 0 spiro atoms. The number of methoxy groups -OCH3 is 1. The van der Waals surface area contributed by atoms with E-state index in [9.17, 15) is 4.79 Å². The predicted octanol–water partition coefficient (Wildman–Crippen LogP) is 3.65. The molecule has 3 rings (SSSR count). The first kappa shape index (κ1) is 17.1. The molecule has 2 aromatic carbocycles. The maximum absolute atomic E-state index is 11.8. The Morgan fingerprint density at radius 3 is 2.64 bits per heavy atom. The van der Waals surface area contributed by atoms with Gasteiger partial charge in [-0.15, -0.1) is 0 Å². The van der Waals surface area contributed by atoms with E-state index in [2.05, 4.69) is 9.97 Å². The number of thioether (sulfide) groups is 1. The van der Waals surface area contributed by atoms with Crippen molar-refractivity contribution < 1.29 is 9.47 Å². The second kappa shape index (κ2) is 8.39. The molecular weight excluding hydrogens is 336 g/mol. The lowest BCUT2D eigenvalue weighted by atomic mass is 10.2. The van der Waals surface area contributed by atoms with E-state index >= 15 is 0 Å². The molecule has 0 saturated heterocycles. The molecule has 25 heavy (non-hydrogen) atoms. The van der Waals surface area contributed by atoms with Crippen molar-refractivity contribution in [3.63, 3.8) is 0 Å². The van der Waals surface area contributed by atoms with E-state index in [1.165, 1.54) is 17.8 Å². The van der Waals surface area contributed by atoms with E-state index in [1.54, 1.807) is 7.11 Å². The minimum absolute atomic E-state index is 0.185. The van der Waals surface area contributed by atoms with Crippen LogP contribution in [0.15, 0.2) is 70.6 Å². The molecule has 0 amide bonds. The Morgan fingerprint density at radius 2 is 1.84 bits per heavy atom. The summed E-state index contributed by atoms with van der Waals surface area (Å²) in [7, 11) is 1.64. The molecule has 1 N–H and O–H groups in total. The lowest BCUT2D eigenvalue weighted by molar-refractivity contribution is 0.299. The molecule has 0 aliphatic heterocycles. The van der Waals surface area contributed by atoms with E-state index in [0.717, 1.165) is 17.1 Å².